The molecule has 6 heterocycles. The number of methoxy groups -OCH3 is 2. The first-order valence-electron chi connectivity index (χ1n) is 15.6. The maximum absolute atomic E-state index is 13.5. The van der Waals surface area contributed by atoms with Gasteiger partial charge in [0.25, 0.3) is 23.6 Å². The lowest BCUT2D eigenvalue weighted by molar-refractivity contribution is -0.125. The van der Waals surface area contributed by atoms with Gasteiger partial charge in [-0.1, -0.05) is 18.1 Å². The number of ether oxygens (including phenoxy) is 2. The number of pyridine rings is 1. The van der Waals surface area contributed by atoms with Crippen LogP contribution in [0.3, 0.4) is 0 Å². The minimum atomic E-state index is -1.67. The summed E-state index contributed by atoms with van der Waals surface area (Å²) in [5.74, 6) is 1.00. The van der Waals surface area contributed by atoms with Gasteiger partial charge in [0.1, 0.15) is 28.6 Å². The predicted octanol–water partition coefficient (Wildman–Crippen LogP) is 1.53. The van der Waals surface area contributed by atoms with Crippen molar-refractivity contribution < 1.29 is 47.0 Å². The summed E-state index contributed by atoms with van der Waals surface area (Å²) in [6.45, 7) is 0.306. The molecule has 0 bridgehead atoms. The van der Waals surface area contributed by atoms with Crippen molar-refractivity contribution in [1.29, 1.82) is 0 Å². The van der Waals surface area contributed by atoms with Crippen LogP contribution in [-0.2, 0) is 28.2 Å². The number of hydrogen-bond acceptors (Lipinski definition) is 10. The fourth-order valence-corrected chi connectivity index (χ4v) is 6.47. The van der Waals surface area contributed by atoms with E-state index in [1.54, 1.807) is 36.4 Å². The van der Waals surface area contributed by atoms with Crippen LogP contribution >= 0.6 is 0 Å². The molecular formula is C35H28FN7O9. The summed E-state index contributed by atoms with van der Waals surface area (Å²) in [6.07, 6.45) is 6.44. The van der Waals surface area contributed by atoms with Crippen LogP contribution in [-0.4, -0.2) is 83.3 Å². The number of urea groups is 2. The number of rotatable bonds is 7. The largest absolute Gasteiger partial charge is 0.497 e. The zero-order valence-corrected chi connectivity index (χ0v) is 27.5. The van der Waals surface area contributed by atoms with Gasteiger partial charge in [-0.25, -0.2) is 19.0 Å². The Hall–Kier alpha value is -6.96. The van der Waals surface area contributed by atoms with E-state index < -0.39 is 40.8 Å². The molecule has 52 heavy (non-hydrogen) atoms. The molecule has 2 atom stereocenters. The van der Waals surface area contributed by atoms with E-state index in [-0.39, 0.29) is 42.8 Å². The van der Waals surface area contributed by atoms with Crippen LogP contribution in [0.2, 0.25) is 0 Å². The predicted molar refractivity (Wildman–Crippen MR) is 176 cm³/mol. The van der Waals surface area contributed by atoms with Gasteiger partial charge in [0.2, 0.25) is 0 Å². The minimum absolute atomic E-state index is 0.0558. The lowest BCUT2D eigenvalue weighted by Crippen LogP contribution is -2.54. The Kier molecular flexibility index (Phi) is 8.01. The number of nitrogens with zero attached hydrogens (tertiary/aromatic N) is 3. The van der Waals surface area contributed by atoms with Crippen LogP contribution in [0.1, 0.15) is 37.6 Å². The number of benzene rings is 2. The first-order valence-corrected chi connectivity index (χ1v) is 15.6. The van der Waals surface area contributed by atoms with Gasteiger partial charge in [-0.05, 0) is 35.4 Å². The van der Waals surface area contributed by atoms with E-state index in [9.17, 15) is 33.2 Å². The highest BCUT2D eigenvalue weighted by molar-refractivity contribution is 6.10. The molecule has 2 aromatic heterocycles. The number of fused-ring (bicyclic) bond motifs is 3. The number of nitrogens with one attached hydrogen (secondary N) is 4. The molecule has 16 nitrogen and oxygen atoms in total. The van der Waals surface area contributed by atoms with E-state index in [4.69, 9.17) is 20.3 Å². The van der Waals surface area contributed by atoms with Gasteiger partial charge in [0, 0.05) is 36.3 Å². The number of halogens is 1. The van der Waals surface area contributed by atoms with Crippen LogP contribution in [0, 0.1) is 18.2 Å². The number of carbonyl (C=O) groups excluding carboxylic acids is 6. The Balaban J connectivity index is 0.000000170. The number of amides is 8. The third-order valence-corrected chi connectivity index (χ3v) is 9.13. The molecule has 2 saturated heterocycles. The molecular weight excluding hydrogens is 681 g/mol. The van der Waals surface area contributed by atoms with E-state index >= 15 is 0 Å². The van der Waals surface area contributed by atoms with Gasteiger partial charge in [-0.3, -0.25) is 29.8 Å². The second-order valence-electron chi connectivity index (χ2n) is 12.3. The van der Waals surface area contributed by atoms with Crippen molar-refractivity contribution in [3.8, 4) is 23.8 Å². The van der Waals surface area contributed by atoms with Crippen molar-refractivity contribution in [2.75, 3.05) is 27.3 Å². The zero-order valence-electron chi connectivity index (χ0n) is 27.5. The fraction of sp³-hybridized carbons (Fsp3) is 0.229. The number of hydrogen-bond donors (Lipinski definition) is 4. The van der Waals surface area contributed by atoms with Gasteiger partial charge >= 0.3 is 12.1 Å². The molecule has 4 aliphatic heterocycles. The Labute approximate surface area is 293 Å². The number of carbonyl (C=O) groups is 6. The standard InChI is InChI=1S/C20H15FN4O5.C15H13N3O4/c1-29-12-3-2-10-8-25(17(26)13(10)5-12)9-20(18(27)23-19(28)24-20)16-6-14-15(30-16)4-11(21)7-22-14;1-3-15(13(20)16-14(21)17-15)8-18-7-9-4-5-10(22-2)6-11(9)12(18)19/h2-7H,8-9H2,1H3,(H2,23,24,27,28);1,4-6H,7-8H2,2H3,(H2,16,17,20,21)/t20-;15-/m01/s1. The Morgan fingerprint density at radius 3 is 1.92 bits per heavy atom. The van der Waals surface area contributed by atoms with Crippen molar-refractivity contribution in [1.82, 2.24) is 36.1 Å². The van der Waals surface area contributed by atoms with E-state index in [0.29, 0.717) is 34.7 Å². The van der Waals surface area contributed by atoms with Crippen LogP contribution in [0.5, 0.6) is 11.5 Å². The zero-order chi connectivity index (χ0) is 36.9. The first kappa shape index (κ1) is 33.5. The van der Waals surface area contributed by atoms with E-state index in [2.05, 4.69) is 32.2 Å². The number of furan rings is 1. The van der Waals surface area contributed by atoms with Crippen molar-refractivity contribution in [2.45, 2.75) is 24.2 Å². The molecule has 2 aromatic carbocycles. The molecule has 0 radical (unpaired) electrons. The summed E-state index contributed by atoms with van der Waals surface area (Å²) >= 11 is 0. The molecule has 0 unspecified atom stereocenters. The van der Waals surface area contributed by atoms with Crippen molar-refractivity contribution in [3.05, 3.63) is 88.6 Å². The number of aromatic nitrogens is 1. The Bertz CT molecular complexity index is 2280. The molecule has 8 amide bonds. The lowest BCUT2D eigenvalue weighted by atomic mass is 9.95. The maximum atomic E-state index is 13.5. The molecule has 0 aliphatic carbocycles. The monoisotopic (exact) mass is 709 g/mol. The smallest absolute Gasteiger partial charge is 0.323 e. The summed E-state index contributed by atoms with van der Waals surface area (Å²) in [5.41, 5.74) is -0.190. The molecule has 4 N–H and O–H groups in total. The van der Waals surface area contributed by atoms with Crippen molar-refractivity contribution in [3.63, 3.8) is 0 Å². The molecule has 0 saturated carbocycles. The molecule has 17 heteroatoms. The van der Waals surface area contributed by atoms with E-state index in [1.807, 2.05) is 0 Å². The highest BCUT2D eigenvalue weighted by Crippen LogP contribution is 2.35. The highest BCUT2D eigenvalue weighted by atomic mass is 19.1. The van der Waals surface area contributed by atoms with Crippen LogP contribution in [0.4, 0.5) is 14.0 Å². The van der Waals surface area contributed by atoms with Crippen molar-refractivity contribution in [2.24, 2.45) is 0 Å². The number of terminal acetylenes is 1. The summed E-state index contributed by atoms with van der Waals surface area (Å²) in [6, 6.07) is 11.6. The van der Waals surface area contributed by atoms with Gasteiger partial charge in [-0.15, -0.1) is 6.42 Å². The van der Waals surface area contributed by atoms with Crippen molar-refractivity contribution >= 4 is 46.8 Å². The summed E-state index contributed by atoms with van der Waals surface area (Å²) < 4.78 is 29.5. The SMILES string of the molecule is C#C[C@]1(CN2Cc3ccc(OC)cc3C2=O)NC(=O)NC1=O.COc1ccc2c(c1)C(=O)N(C[C@@]1(c3cc4ncc(F)cc4o3)NC(=O)NC1=O)C2. The highest BCUT2D eigenvalue weighted by Gasteiger charge is 2.53. The molecule has 4 aromatic rings. The summed E-state index contributed by atoms with van der Waals surface area (Å²) in [4.78, 5) is 80.3. The van der Waals surface area contributed by atoms with Crippen LogP contribution < -0.4 is 30.7 Å². The average Bonchev–Trinajstić information content (AvgIpc) is 3.91. The Morgan fingerprint density at radius 1 is 0.827 bits per heavy atom. The number of imide groups is 2. The molecule has 8 rings (SSSR count). The quantitative estimate of drug-likeness (QED) is 0.161. The van der Waals surface area contributed by atoms with Crippen LogP contribution in [0.25, 0.3) is 11.1 Å². The maximum Gasteiger partial charge on any atom is 0.323 e. The Morgan fingerprint density at radius 2 is 1.40 bits per heavy atom. The first-order chi connectivity index (χ1) is 24.9. The van der Waals surface area contributed by atoms with E-state index in [0.717, 1.165) is 23.4 Å². The molecule has 264 valence electrons. The van der Waals surface area contributed by atoms with Gasteiger partial charge in [0.05, 0.1) is 33.5 Å². The van der Waals surface area contributed by atoms with Gasteiger partial charge in [0.15, 0.2) is 16.7 Å². The third-order valence-electron chi connectivity index (χ3n) is 9.13. The van der Waals surface area contributed by atoms with Gasteiger partial charge < -0.3 is 34.3 Å². The average molecular weight is 710 g/mol. The second-order valence-corrected chi connectivity index (χ2v) is 12.3. The summed E-state index contributed by atoms with van der Waals surface area (Å²) in [5, 5.41) is 9.27. The van der Waals surface area contributed by atoms with E-state index in [1.165, 1.54) is 30.1 Å². The second kappa shape index (κ2) is 12.4. The lowest BCUT2D eigenvalue weighted by Gasteiger charge is -2.28. The van der Waals surface area contributed by atoms with Crippen LogP contribution in [0.15, 0.2) is 59.1 Å². The fourth-order valence-electron chi connectivity index (χ4n) is 6.47. The van der Waals surface area contributed by atoms with Gasteiger partial charge in [-0.2, -0.15) is 0 Å². The molecule has 2 fully saturated rings. The normalized spacial score (nSPS) is 21.5. The topological polar surface area (TPSA) is 202 Å². The summed E-state index contributed by atoms with van der Waals surface area (Å²) in [7, 11) is 3.02. The minimum Gasteiger partial charge on any atom is -0.497 e. The molecule has 0 spiro atoms. The molecule has 4 aliphatic rings. The third kappa shape index (κ3) is 5.55.